The standard InChI is InChI=1S/C7H8N4O2/c1-10-5-4(8-3-9-5)6(12)11(2)7(10)13/h3H,1-2H3,(H,8,9,12)/p+2. The van der Waals surface area contributed by atoms with Crippen molar-refractivity contribution in [1.82, 2.24) is 9.55 Å². The highest BCUT2D eigenvalue weighted by Gasteiger charge is 2.24. The van der Waals surface area contributed by atoms with E-state index in [1.54, 1.807) is 13.4 Å². The van der Waals surface area contributed by atoms with Gasteiger partial charge in [-0.05, 0) is 0 Å². The fourth-order valence-corrected chi connectivity index (χ4v) is 1.33. The Labute approximate surface area is 73.1 Å². The van der Waals surface area contributed by atoms with Crippen LogP contribution < -0.4 is 15.1 Å². The molecule has 0 atom stereocenters. The minimum atomic E-state index is -0.258. The molecule has 0 fully saturated rings. The van der Waals surface area contributed by atoms with E-state index in [1.165, 1.54) is 16.2 Å². The number of rotatable bonds is 0. The maximum Gasteiger partial charge on any atom is 0.519 e. The molecule has 0 saturated heterocycles. The van der Waals surface area contributed by atoms with Gasteiger partial charge in [-0.15, -0.1) is 9.13 Å². The Morgan fingerprint density at radius 2 is 2.38 bits per heavy atom. The summed E-state index contributed by atoms with van der Waals surface area (Å²) in [5.74, 6) is 0. The average Bonchev–Trinajstić information content (AvgIpc) is 2.59. The Morgan fingerprint density at radius 3 is 3.08 bits per heavy atom. The lowest BCUT2D eigenvalue weighted by atomic mass is 10.5. The number of aromatic amines is 2. The zero-order valence-electron chi connectivity index (χ0n) is 7.33. The number of nitrogens with one attached hydrogen (secondary N) is 2. The van der Waals surface area contributed by atoms with Crippen molar-refractivity contribution in [3.05, 3.63) is 16.7 Å². The van der Waals surface area contributed by atoms with Gasteiger partial charge >= 0.3 is 17.2 Å². The highest BCUT2D eigenvalue weighted by Crippen LogP contribution is 1.99. The summed E-state index contributed by atoms with van der Waals surface area (Å²) < 4.78 is 2.67. The fourth-order valence-electron chi connectivity index (χ4n) is 1.33. The predicted molar refractivity (Wildman–Crippen MR) is 42.9 cm³/mol. The van der Waals surface area contributed by atoms with Crippen LogP contribution in [0.15, 0.2) is 11.1 Å². The van der Waals surface area contributed by atoms with Crippen LogP contribution in [0, 0.1) is 0 Å². The summed E-state index contributed by atoms with van der Waals surface area (Å²) in [6, 6.07) is -0.0895. The molecule has 0 aliphatic heterocycles. The SMILES string of the molecule is Cn1c(O)[n+](C)c2[nH+]c[nH]c2c1=O. The highest BCUT2D eigenvalue weighted by molar-refractivity contribution is 5.61. The third-order valence-corrected chi connectivity index (χ3v) is 2.12. The van der Waals surface area contributed by atoms with Crippen LogP contribution in [-0.2, 0) is 14.1 Å². The second-order valence-electron chi connectivity index (χ2n) is 2.88. The van der Waals surface area contributed by atoms with Crippen LogP contribution in [0.4, 0.5) is 0 Å². The Kier molecular flexibility index (Phi) is 1.39. The first kappa shape index (κ1) is 7.78. The van der Waals surface area contributed by atoms with Crippen LogP contribution in [0.1, 0.15) is 0 Å². The van der Waals surface area contributed by atoms with Gasteiger partial charge in [-0.3, -0.25) is 0 Å². The van der Waals surface area contributed by atoms with Crippen LogP contribution in [0.2, 0.25) is 0 Å². The van der Waals surface area contributed by atoms with E-state index >= 15 is 0 Å². The van der Waals surface area contributed by atoms with E-state index < -0.39 is 0 Å². The first-order valence-electron chi connectivity index (χ1n) is 3.79. The van der Waals surface area contributed by atoms with Gasteiger partial charge in [-0.2, -0.15) is 4.98 Å². The van der Waals surface area contributed by atoms with Gasteiger partial charge in [-0.1, -0.05) is 0 Å². The molecule has 0 aliphatic rings. The van der Waals surface area contributed by atoms with Crippen LogP contribution in [0.25, 0.3) is 11.2 Å². The molecule has 0 radical (unpaired) electrons. The van der Waals surface area contributed by atoms with E-state index in [9.17, 15) is 9.90 Å². The van der Waals surface area contributed by atoms with E-state index in [0.29, 0.717) is 11.2 Å². The van der Waals surface area contributed by atoms with Crippen LogP contribution in [-0.4, -0.2) is 14.7 Å². The molecule has 2 aromatic heterocycles. The number of H-pyrrole nitrogens is 2. The molecule has 0 aliphatic carbocycles. The molecule has 6 nitrogen and oxygen atoms in total. The molecule has 3 N–H and O–H groups in total. The van der Waals surface area contributed by atoms with E-state index in [-0.39, 0.29) is 11.6 Å². The second kappa shape index (κ2) is 2.32. The third kappa shape index (κ3) is 0.851. The van der Waals surface area contributed by atoms with Crippen LogP contribution in [0.5, 0.6) is 6.01 Å². The van der Waals surface area contributed by atoms with Gasteiger partial charge in [0.25, 0.3) is 0 Å². The molecule has 68 valence electrons. The maximum atomic E-state index is 11.5. The number of aromatic nitrogens is 4. The number of imidazole rings is 1. The molecule has 2 heterocycles. The molecule has 2 rings (SSSR count). The van der Waals surface area contributed by atoms with Gasteiger partial charge in [0.05, 0.1) is 0 Å². The Balaban J connectivity index is 3.11. The first-order chi connectivity index (χ1) is 6.13. The molecule has 0 spiro atoms. The van der Waals surface area contributed by atoms with Crippen molar-refractivity contribution in [3.8, 4) is 6.01 Å². The number of aromatic hydroxyl groups is 1. The number of nitrogens with zero attached hydrogens (tertiary/aromatic N) is 2. The minimum Gasteiger partial charge on any atom is -0.434 e. The Bertz CT molecular complexity index is 525. The normalized spacial score (nSPS) is 10.9. The second-order valence-corrected chi connectivity index (χ2v) is 2.88. The summed E-state index contributed by atoms with van der Waals surface area (Å²) in [6.07, 6.45) is 1.55. The minimum absolute atomic E-state index is 0.0895. The van der Waals surface area contributed by atoms with Gasteiger partial charge in [0.2, 0.25) is 5.52 Å². The summed E-state index contributed by atoms with van der Waals surface area (Å²) in [4.78, 5) is 17.1. The van der Waals surface area contributed by atoms with Gasteiger partial charge in [-0.25, -0.2) is 4.79 Å². The molecule has 0 unspecified atom stereocenters. The van der Waals surface area contributed by atoms with Gasteiger partial charge in [0.15, 0.2) is 6.33 Å². The van der Waals surface area contributed by atoms with Crippen molar-refractivity contribution in [2.24, 2.45) is 14.1 Å². The predicted octanol–water partition coefficient (Wildman–Crippen LogP) is -1.79. The summed E-state index contributed by atoms with van der Waals surface area (Å²) in [6.45, 7) is 0. The molecule has 0 saturated carbocycles. The fraction of sp³-hybridized carbons (Fsp3) is 0.286. The lowest BCUT2D eigenvalue weighted by Crippen LogP contribution is -2.40. The van der Waals surface area contributed by atoms with Crippen LogP contribution >= 0.6 is 0 Å². The Morgan fingerprint density at radius 1 is 1.69 bits per heavy atom. The van der Waals surface area contributed by atoms with Crippen molar-refractivity contribution in [2.45, 2.75) is 0 Å². The summed E-state index contributed by atoms with van der Waals surface area (Å²) >= 11 is 0. The molecule has 6 heteroatoms. The lowest BCUT2D eigenvalue weighted by Gasteiger charge is -1.92. The largest absolute Gasteiger partial charge is 0.519 e. The van der Waals surface area contributed by atoms with Crippen molar-refractivity contribution in [1.29, 1.82) is 0 Å². The van der Waals surface area contributed by atoms with E-state index in [1.807, 2.05) is 0 Å². The zero-order valence-corrected chi connectivity index (χ0v) is 7.33. The van der Waals surface area contributed by atoms with Gasteiger partial charge in [0.1, 0.15) is 14.1 Å². The van der Waals surface area contributed by atoms with Crippen molar-refractivity contribution < 1.29 is 14.7 Å². The van der Waals surface area contributed by atoms with E-state index in [4.69, 9.17) is 0 Å². The molecule has 13 heavy (non-hydrogen) atoms. The Hall–Kier alpha value is -1.85. The van der Waals surface area contributed by atoms with Crippen molar-refractivity contribution in [3.63, 3.8) is 0 Å². The monoisotopic (exact) mass is 182 g/mol. The first-order valence-corrected chi connectivity index (χ1v) is 3.79. The number of hydrogen-bond donors (Lipinski definition) is 2. The van der Waals surface area contributed by atoms with Crippen molar-refractivity contribution >= 4 is 11.2 Å². The van der Waals surface area contributed by atoms with Crippen molar-refractivity contribution in [2.75, 3.05) is 0 Å². The molecular weight excluding hydrogens is 172 g/mol. The summed E-state index contributed by atoms with van der Waals surface area (Å²) in [7, 11) is 3.18. The van der Waals surface area contributed by atoms with E-state index in [2.05, 4.69) is 9.97 Å². The quantitative estimate of drug-likeness (QED) is 0.472. The number of hydrogen-bond acceptors (Lipinski definition) is 2. The van der Waals surface area contributed by atoms with E-state index in [0.717, 1.165) is 0 Å². The molecule has 0 bridgehead atoms. The zero-order chi connectivity index (χ0) is 9.59. The molecule has 0 aromatic carbocycles. The highest BCUT2D eigenvalue weighted by atomic mass is 16.3. The summed E-state index contributed by atoms with van der Waals surface area (Å²) in [5.41, 5.74) is 0.759. The maximum absolute atomic E-state index is 11.5. The average molecular weight is 182 g/mol. The number of fused-ring (bicyclic) bond motifs is 1. The molecule has 0 amide bonds. The van der Waals surface area contributed by atoms with Gasteiger partial charge < -0.3 is 10.1 Å². The number of aryl methyl sites for hydroxylation is 1. The molecular formula is C7H10N4O2+2. The molecule has 2 aromatic rings. The lowest BCUT2D eigenvalue weighted by molar-refractivity contribution is -0.691. The summed E-state index contributed by atoms with van der Waals surface area (Å²) in [5, 5.41) is 9.50. The van der Waals surface area contributed by atoms with Gasteiger partial charge in [0, 0.05) is 0 Å². The topological polar surface area (TPSA) is 76.0 Å². The smallest absolute Gasteiger partial charge is 0.434 e. The third-order valence-electron chi connectivity index (χ3n) is 2.12. The van der Waals surface area contributed by atoms with Crippen LogP contribution in [0.3, 0.4) is 0 Å².